The second-order valence-corrected chi connectivity index (χ2v) is 5.74. The van der Waals surface area contributed by atoms with Gasteiger partial charge in [0.1, 0.15) is 11.6 Å². The Kier molecular flexibility index (Phi) is 4.52. The summed E-state index contributed by atoms with van der Waals surface area (Å²) in [6, 6.07) is 8.50. The Bertz CT molecular complexity index is 694. The zero-order chi connectivity index (χ0) is 16.2. The molecule has 2 aromatic rings. The third kappa shape index (κ3) is 3.84. The number of nitrogens with zero attached hydrogens (tertiary/aromatic N) is 2. The van der Waals surface area contributed by atoms with Gasteiger partial charge < -0.3 is 15.8 Å². The smallest absolute Gasteiger partial charge is 0.248 e. The normalized spacial score (nSPS) is 17.7. The molecular weight excluding hydrogens is 292 g/mol. The molecule has 0 saturated carbocycles. The van der Waals surface area contributed by atoms with E-state index in [0.29, 0.717) is 23.1 Å². The summed E-state index contributed by atoms with van der Waals surface area (Å²) in [6.45, 7) is 3.89. The standard InChI is InChI=1S/C17H20N4O2/c1-11-9-15(21-17(20-11)13-3-2-8-19-10-13)23-14-6-4-12(5-7-14)16(18)22/h4-7,9,13,19H,2-3,8,10H2,1H3,(H2,18,22). The number of amides is 1. The maximum Gasteiger partial charge on any atom is 0.248 e. The lowest BCUT2D eigenvalue weighted by Crippen LogP contribution is -2.29. The minimum Gasteiger partial charge on any atom is -0.439 e. The van der Waals surface area contributed by atoms with Crippen LogP contribution in [0.3, 0.4) is 0 Å². The molecule has 3 N–H and O–H groups in total. The van der Waals surface area contributed by atoms with Gasteiger partial charge in [-0.2, -0.15) is 4.98 Å². The van der Waals surface area contributed by atoms with E-state index in [0.717, 1.165) is 37.4 Å². The number of hydrogen-bond acceptors (Lipinski definition) is 5. The molecule has 1 unspecified atom stereocenters. The van der Waals surface area contributed by atoms with Gasteiger partial charge in [-0.15, -0.1) is 0 Å². The van der Waals surface area contributed by atoms with Crippen LogP contribution in [0.25, 0.3) is 0 Å². The van der Waals surface area contributed by atoms with Crippen LogP contribution in [-0.2, 0) is 0 Å². The van der Waals surface area contributed by atoms with Crippen LogP contribution >= 0.6 is 0 Å². The number of aromatic nitrogens is 2. The summed E-state index contributed by atoms with van der Waals surface area (Å²) in [5, 5.41) is 3.37. The van der Waals surface area contributed by atoms with E-state index in [4.69, 9.17) is 10.5 Å². The zero-order valence-electron chi connectivity index (χ0n) is 13.1. The zero-order valence-corrected chi connectivity index (χ0v) is 13.1. The van der Waals surface area contributed by atoms with E-state index in [2.05, 4.69) is 15.3 Å². The lowest BCUT2D eigenvalue weighted by Gasteiger charge is -2.22. The number of nitrogens with one attached hydrogen (secondary N) is 1. The van der Waals surface area contributed by atoms with Crippen LogP contribution < -0.4 is 15.8 Å². The van der Waals surface area contributed by atoms with Gasteiger partial charge in [0.25, 0.3) is 0 Å². The molecular formula is C17H20N4O2. The van der Waals surface area contributed by atoms with Gasteiger partial charge in [-0.05, 0) is 50.6 Å². The summed E-state index contributed by atoms with van der Waals surface area (Å²) < 4.78 is 5.80. The molecule has 0 bridgehead atoms. The SMILES string of the molecule is Cc1cc(Oc2ccc(C(N)=O)cc2)nc(C2CCCNC2)n1. The number of rotatable bonds is 4. The molecule has 1 aliphatic heterocycles. The monoisotopic (exact) mass is 312 g/mol. The van der Waals surface area contributed by atoms with E-state index in [1.165, 1.54) is 0 Å². The van der Waals surface area contributed by atoms with E-state index in [1.807, 2.05) is 13.0 Å². The fourth-order valence-electron chi connectivity index (χ4n) is 2.68. The molecule has 2 heterocycles. The first-order valence-corrected chi connectivity index (χ1v) is 7.76. The molecule has 6 heteroatoms. The van der Waals surface area contributed by atoms with Crippen LogP contribution in [0.1, 0.15) is 40.6 Å². The molecule has 0 radical (unpaired) electrons. The van der Waals surface area contributed by atoms with Crippen LogP contribution in [0, 0.1) is 6.92 Å². The van der Waals surface area contributed by atoms with Crippen molar-refractivity contribution in [3.05, 3.63) is 47.4 Å². The van der Waals surface area contributed by atoms with Crippen LogP contribution in [0.5, 0.6) is 11.6 Å². The van der Waals surface area contributed by atoms with E-state index < -0.39 is 5.91 Å². The minimum absolute atomic E-state index is 0.322. The fourth-order valence-corrected chi connectivity index (χ4v) is 2.68. The molecule has 1 atom stereocenters. The summed E-state index contributed by atoms with van der Waals surface area (Å²) in [5.74, 6) is 1.82. The van der Waals surface area contributed by atoms with Gasteiger partial charge in [-0.3, -0.25) is 4.79 Å². The van der Waals surface area contributed by atoms with E-state index in [9.17, 15) is 4.79 Å². The van der Waals surface area contributed by atoms with E-state index >= 15 is 0 Å². The number of carbonyl (C=O) groups excluding carboxylic acids is 1. The molecule has 6 nitrogen and oxygen atoms in total. The van der Waals surface area contributed by atoms with Gasteiger partial charge in [0.15, 0.2) is 0 Å². The number of aryl methyl sites for hydroxylation is 1. The third-order valence-electron chi connectivity index (χ3n) is 3.87. The van der Waals surface area contributed by atoms with Gasteiger partial charge in [0, 0.05) is 29.8 Å². The van der Waals surface area contributed by atoms with E-state index in [-0.39, 0.29) is 0 Å². The van der Waals surface area contributed by atoms with Crippen molar-refractivity contribution in [2.24, 2.45) is 5.73 Å². The highest BCUT2D eigenvalue weighted by Gasteiger charge is 2.19. The predicted molar refractivity (Wildman–Crippen MR) is 86.6 cm³/mol. The first-order valence-electron chi connectivity index (χ1n) is 7.76. The highest BCUT2D eigenvalue weighted by molar-refractivity contribution is 5.92. The van der Waals surface area contributed by atoms with Crippen molar-refractivity contribution >= 4 is 5.91 Å². The maximum absolute atomic E-state index is 11.1. The Morgan fingerprint density at radius 1 is 1.30 bits per heavy atom. The van der Waals surface area contributed by atoms with Gasteiger partial charge in [0.2, 0.25) is 11.8 Å². The lowest BCUT2D eigenvalue weighted by atomic mass is 9.99. The minimum atomic E-state index is -0.457. The number of ether oxygens (including phenoxy) is 1. The summed E-state index contributed by atoms with van der Waals surface area (Å²) in [6.07, 6.45) is 2.22. The molecule has 0 spiro atoms. The van der Waals surface area contributed by atoms with Crippen molar-refractivity contribution in [3.63, 3.8) is 0 Å². The molecule has 120 valence electrons. The fraction of sp³-hybridized carbons (Fsp3) is 0.353. The molecule has 1 aromatic heterocycles. The summed E-state index contributed by atoms with van der Waals surface area (Å²) in [5.41, 5.74) is 6.56. The predicted octanol–water partition coefficient (Wildman–Crippen LogP) is 2.14. The summed E-state index contributed by atoms with van der Waals surface area (Å²) in [4.78, 5) is 20.2. The van der Waals surface area contributed by atoms with Crippen LogP contribution in [0.4, 0.5) is 0 Å². The molecule has 1 fully saturated rings. The largest absolute Gasteiger partial charge is 0.439 e. The average Bonchev–Trinajstić information content (AvgIpc) is 2.55. The second-order valence-electron chi connectivity index (χ2n) is 5.74. The van der Waals surface area contributed by atoms with Crippen molar-refractivity contribution < 1.29 is 9.53 Å². The van der Waals surface area contributed by atoms with Gasteiger partial charge >= 0.3 is 0 Å². The number of hydrogen-bond donors (Lipinski definition) is 2. The molecule has 1 saturated heterocycles. The van der Waals surface area contributed by atoms with Crippen LogP contribution in [0.2, 0.25) is 0 Å². The molecule has 1 aromatic carbocycles. The van der Waals surface area contributed by atoms with Crippen molar-refractivity contribution in [3.8, 4) is 11.6 Å². The van der Waals surface area contributed by atoms with E-state index in [1.54, 1.807) is 24.3 Å². The highest BCUT2D eigenvalue weighted by Crippen LogP contribution is 2.25. The first-order chi connectivity index (χ1) is 11.1. The van der Waals surface area contributed by atoms with Gasteiger partial charge in [0.05, 0.1) is 0 Å². The van der Waals surface area contributed by atoms with Gasteiger partial charge in [-0.1, -0.05) is 0 Å². The summed E-state index contributed by atoms with van der Waals surface area (Å²) in [7, 11) is 0. The Labute approximate surface area is 135 Å². The Hall–Kier alpha value is -2.47. The molecule has 1 amide bonds. The first kappa shape index (κ1) is 15.4. The maximum atomic E-state index is 11.1. The van der Waals surface area contributed by atoms with Crippen LogP contribution in [-0.4, -0.2) is 29.0 Å². The number of benzene rings is 1. The highest BCUT2D eigenvalue weighted by atomic mass is 16.5. The quantitative estimate of drug-likeness (QED) is 0.902. The Morgan fingerprint density at radius 3 is 2.74 bits per heavy atom. The average molecular weight is 312 g/mol. The third-order valence-corrected chi connectivity index (χ3v) is 3.87. The number of piperidine rings is 1. The number of carbonyl (C=O) groups is 1. The molecule has 3 rings (SSSR count). The van der Waals surface area contributed by atoms with Crippen LogP contribution in [0.15, 0.2) is 30.3 Å². The topological polar surface area (TPSA) is 90.1 Å². The van der Waals surface area contributed by atoms with Crippen molar-refractivity contribution in [2.45, 2.75) is 25.7 Å². The Balaban J connectivity index is 1.79. The molecule has 23 heavy (non-hydrogen) atoms. The van der Waals surface area contributed by atoms with Crippen molar-refractivity contribution in [2.75, 3.05) is 13.1 Å². The van der Waals surface area contributed by atoms with Crippen molar-refractivity contribution in [1.29, 1.82) is 0 Å². The summed E-state index contributed by atoms with van der Waals surface area (Å²) >= 11 is 0. The molecule has 0 aliphatic carbocycles. The lowest BCUT2D eigenvalue weighted by molar-refractivity contribution is 0.100. The molecule has 1 aliphatic rings. The second kappa shape index (κ2) is 6.75. The van der Waals surface area contributed by atoms with Gasteiger partial charge in [-0.25, -0.2) is 4.98 Å². The Morgan fingerprint density at radius 2 is 2.09 bits per heavy atom. The van der Waals surface area contributed by atoms with Crippen molar-refractivity contribution in [1.82, 2.24) is 15.3 Å². The number of primary amides is 1. The number of nitrogens with two attached hydrogens (primary N) is 1.